The number of amides is 1. The Bertz CT molecular complexity index is 485. The maximum atomic E-state index is 11.7. The van der Waals surface area contributed by atoms with Gasteiger partial charge in [0.1, 0.15) is 5.54 Å². The first-order valence-electron chi connectivity index (χ1n) is 5.46. The number of hydrogen-bond donors (Lipinski definition) is 1. The molecule has 1 amide bonds. The number of nitrogens with zero attached hydrogens (tertiary/aromatic N) is 1. The van der Waals surface area contributed by atoms with Crippen LogP contribution in [0.2, 0.25) is 0 Å². The van der Waals surface area contributed by atoms with Crippen molar-refractivity contribution in [1.82, 2.24) is 5.32 Å². The molecule has 1 atom stereocenters. The Kier molecular flexibility index (Phi) is 4.57. The van der Waals surface area contributed by atoms with Gasteiger partial charge in [-0.3, -0.25) is 14.9 Å². The summed E-state index contributed by atoms with van der Waals surface area (Å²) in [7, 11) is 1.23. The fraction of sp³-hybridized carbons (Fsp3) is 0.333. The molecule has 0 heterocycles. The number of benzene rings is 1. The van der Waals surface area contributed by atoms with Gasteiger partial charge in [-0.2, -0.15) is 0 Å². The van der Waals surface area contributed by atoms with Crippen LogP contribution in [0.15, 0.2) is 24.3 Å². The Labute approximate surface area is 109 Å². The van der Waals surface area contributed by atoms with E-state index in [0.717, 1.165) is 0 Å². The Morgan fingerprint density at radius 2 is 2.05 bits per heavy atom. The van der Waals surface area contributed by atoms with Crippen molar-refractivity contribution in [1.29, 1.82) is 0 Å². The number of non-ortho nitro benzene ring substituents is 1. The van der Waals surface area contributed by atoms with Crippen molar-refractivity contribution in [3.63, 3.8) is 0 Å². The van der Waals surface area contributed by atoms with E-state index in [4.69, 9.17) is 0 Å². The molecule has 7 heteroatoms. The Balaban J connectivity index is 2.93. The molecule has 19 heavy (non-hydrogen) atoms. The van der Waals surface area contributed by atoms with Crippen LogP contribution in [0.1, 0.15) is 12.5 Å². The van der Waals surface area contributed by atoms with Gasteiger partial charge in [-0.25, -0.2) is 4.79 Å². The number of nitro groups is 1. The van der Waals surface area contributed by atoms with Crippen LogP contribution >= 0.6 is 0 Å². The molecule has 0 saturated heterocycles. The van der Waals surface area contributed by atoms with E-state index >= 15 is 0 Å². The molecule has 0 bridgehead atoms. The highest BCUT2D eigenvalue weighted by Crippen LogP contribution is 2.18. The lowest BCUT2D eigenvalue weighted by molar-refractivity contribution is -0.384. The van der Waals surface area contributed by atoms with Crippen LogP contribution in [0.25, 0.3) is 0 Å². The molecule has 1 rings (SSSR count). The number of carbonyl (C=O) groups is 2. The van der Waals surface area contributed by atoms with E-state index in [0.29, 0.717) is 12.0 Å². The molecule has 0 aliphatic heterocycles. The first-order chi connectivity index (χ1) is 8.92. The molecule has 0 unspecified atom stereocenters. The average Bonchev–Trinajstić information content (AvgIpc) is 2.38. The third-order valence-corrected chi connectivity index (χ3v) is 2.72. The zero-order chi connectivity index (χ0) is 14.5. The number of methoxy groups -OCH3 is 1. The molecule has 0 aromatic heterocycles. The lowest BCUT2D eigenvalue weighted by atomic mass is 9.93. The molecule has 102 valence electrons. The molecule has 1 N–H and O–H groups in total. The SMILES string of the molecule is COC(=O)[C@](C)(Cc1ccc([N+](=O)[O-])cc1)NC=O. The highest BCUT2D eigenvalue weighted by atomic mass is 16.6. The molecule has 0 saturated carbocycles. The molecule has 0 spiro atoms. The zero-order valence-electron chi connectivity index (χ0n) is 10.6. The number of carbonyl (C=O) groups excluding carboxylic acids is 2. The largest absolute Gasteiger partial charge is 0.467 e. The fourth-order valence-electron chi connectivity index (χ4n) is 1.68. The quantitative estimate of drug-likeness (QED) is 0.355. The van der Waals surface area contributed by atoms with Gasteiger partial charge in [0.05, 0.1) is 12.0 Å². The van der Waals surface area contributed by atoms with Crippen LogP contribution in [-0.4, -0.2) is 30.0 Å². The first-order valence-corrected chi connectivity index (χ1v) is 5.46. The number of rotatable bonds is 6. The molecular weight excluding hydrogens is 252 g/mol. The van der Waals surface area contributed by atoms with Gasteiger partial charge in [-0.15, -0.1) is 0 Å². The third-order valence-electron chi connectivity index (χ3n) is 2.72. The van der Waals surface area contributed by atoms with E-state index in [1.807, 2.05) is 0 Å². The van der Waals surface area contributed by atoms with Crippen LogP contribution < -0.4 is 5.32 Å². The summed E-state index contributed by atoms with van der Waals surface area (Å²) in [5.41, 5.74) is -0.563. The van der Waals surface area contributed by atoms with Crippen LogP contribution in [0, 0.1) is 10.1 Å². The number of esters is 1. The summed E-state index contributed by atoms with van der Waals surface area (Å²) in [6.45, 7) is 1.52. The molecule has 0 fully saturated rings. The molecule has 7 nitrogen and oxygen atoms in total. The summed E-state index contributed by atoms with van der Waals surface area (Å²) < 4.78 is 4.63. The Morgan fingerprint density at radius 3 is 2.47 bits per heavy atom. The van der Waals surface area contributed by atoms with Crippen LogP contribution in [0.5, 0.6) is 0 Å². The normalized spacial score (nSPS) is 13.2. The minimum Gasteiger partial charge on any atom is -0.467 e. The van der Waals surface area contributed by atoms with E-state index in [9.17, 15) is 19.7 Å². The number of hydrogen-bond acceptors (Lipinski definition) is 5. The molecule has 1 aromatic rings. The van der Waals surface area contributed by atoms with Gasteiger partial charge in [-0.05, 0) is 12.5 Å². The first kappa shape index (κ1) is 14.6. The predicted molar refractivity (Wildman–Crippen MR) is 66.4 cm³/mol. The van der Waals surface area contributed by atoms with Crippen molar-refractivity contribution in [3.05, 3.63) is 39.9 Å². The van der Waals surface area contributed by atoms with E-state index < -0.39 is 16.4 Å². The van der Waals surface area contributed by atoms with E-state index in [-0.39, 0.29) is 12.1 Å². The van der Waals surface area contributed by atoms with E-state index in [2.05, 4.69) is 10.1 Å². The fourth-order valence-corrected chi connectivity index (χ4v) is 1.68. The zero-order valence-corrected chi connectivity index (χ0v) is 10.6. The van der Waals surface area contributed by atoms with E-state index in [1.54, 1.807) is 0 Å². The minimum absolute atomic E-state index is 0.0353. The van der Waals surface area contributed by atoms with Crippen LogP contribution in [-0.2, 0) is 20.7 Å². The van der Waals surface area contributed by atoms with Crippen molar-refractivity contribution in [3.8, 4) is 0 Å². The lowest BCUT2D eigenvalue weighted by Gasteiger charge is -2.25. The van der Waals surface area contributed by atoms with Crippen molar-refractivity contribution in [2.24, 2.45) is 0 Å². The van der Waals surface area contributed by atoms with E-state index in [1.165, 1.54) is 38.3 Å². The van der Waals surface area contributed by atoms with Gasteiger partial charge in [0.2, 0.25) is 6.41 Å². The summed E-state index contributed by atoms with van der Waals surface area (Å²) >= 11 is 0. The molecule has 0 aliphatic rings. The minimum atomic E-state index is -1.20. The van der Waals surface area contributed by atoms with Gasteiger partial charge >= 0.3 is 5.97 Å². The standard InChI is InChI=1S/C12H14N2O5/c1-12(13-8-15,11(16)19-2)7-9-3-5-10(6-4-9)14(17)18/h3-6,8H,7H2,1-2H3,(H,13,15)/t12-/m0/s1. The monoisotopic (exact) mass is 266 g/mol. The maximum Gasteiger partial charge on any atom is 0.331 e. The average molecular weight is 266 g/mol. The van der Waals surface area contributed by atoms with Crippen molar-refractivity contribution in [2.45, 2.75) is 18.9 Å². The number of ether oxygens (including phenoxy) is 1. The van der Waals surface area contributed by atoms with Crippen molar-refractivity contribution >= 4 is 18.1 Å². The highest BCUT2D eigenvalue weighted by molar-refractivity contribution is 5.83. The highest BCUT2D eigenvalue weighted by Gasteiger charge is 2.34. The summed E-state index contributed by atoms with van der Waals surface area (Å²) in [6, 6.07) is 5.75. The summed E-state index contributed by atoms with van der Waals surface area (Å²) in [6.07, 6.45) is 0.596. The summed E-state index contributed by atoms with van der Waals surface area (Å²) in [4.78, 5) is 32.2. The lowest BCUT2D eigenvalue weighted by Crippen LogP contribution is -2.51. The molecular formula is C12H14N2O5. The maximum absolute atomic E-state index is 11.7. The second-order valence-corrected chi connectivity index (χ2v) is 4.19. The predicted octanol–water partition coefficient (Wildman–Crippen LogP) is 0.815. The second kappa shape index (κ2) is 5.94. The van der Waals surface area contributed by atoms with Gasteiger partial charge in [0, 0.05) is 18.6 Å². The van der Waals surface area contributed by atoms with Gasteiger partial charge in [0.15, 0.2) is 0 Å². The summed E-state index contributed by atoms with van der Waals surface area (Å²) in [5, 5.41) is 12.9. The topological polar surface area (TPSA) is 98.5 Å². The van der Waals surface area contributed by atoms with Crippen molar-refractivity contribution in [2.75, 3.05) is 7.11 Å². The molecule has 1 aromatic carbocycles. The van der Waals surface area contributed by atoms with Crippen LogP contribution in [0.4, 0.5) is 5.69 Å². The van der Waals surface area contributed by atoms with Gasteiger partial charge in [-0.1, -0.05) is 12.1 Å². The van der Waals surface area contributed by atoms with Gasteiger partial charge < -0.3 is 10.1 Å². The third kappa shape index (κ3) is 3.51. The smallest absolute Gasteiger partial charge is 0.331 e. The van der Waals surface area contributed by atoms with Gasteiger partial charge in [0.25, 0.3) is 5.69 Å². The Morgan fingerprint density at radius 1 is 1.47 bits per heavy atom. The van der Waals surface area contributed by atoms with Crippen LogP contribution in [0.3, 0.4) is 0 Å². The van der Waals surface area contributed by atoms with Crippen molar-refractivity contribution < 1.29 is 19.2 Å². The number of nitrogens with one attached hydrogen (secondary N) is 1. The number of nitro benzene ring substituents is 1. The second-order valence-electron chi connectivity index (χ2n) is 4.19. The Hall–Kier alpha value is -2.44. The summed E-state index contributed by atoms with van der Waals surface area (Å²) in [5.74, 6) is -0.585. The molecule has 0 radical (unpaired) electrons. The molecule has 0 aliphatic carbocycles.